The fraction of sp³-hybridized carbons (Fsp3) is 0.280. The van der Waals surface area contributed by atoms with E-state index in [2.05, 4.69) is 10.3 Å². The van der Waals surface area contributed by atoms with Crippen LogP contribution in [0.1, 0.15) is 49.1 Å². The second-order valence-corrected chi connectivity index (χ2v) is 9.24. The van der Waals surface area contributed by atoms with Gasteiger partial charge >= 0.3 is 0 Å². The molecule has 3 aromatic rings. The Balaban J connectivity index is 1.47. The van der Waals surface area contributed by atoms with E-state index in [4.69, 9.17) is 5.73 Å². The monoisotopic (exact) mass is 462 g/mol. The van der Waals surface area contributed by atoms with Gasteiger partial charge in [0.25, 0.3) is 11.8 Å². The Hall–Kier alpha value is -3.52. The van der Waals surface area contributed by atoms with Gasteiger partial charge in [-0.15, -0.1) is 11.3 Å². The number of nitrogens with zero attached hydrogens (tertiary/aromatic N) is 2. The van der Waals surface area contributed by atoms with Crippen LogP contribution in [0.4, 0.5) is 5.69 Å². The number of likely N-dealkylation sites (tertiary alicyclic amines) is 1. The van der Waals surface area contributed by atoms with E-state index in [0.29, 0.717) is 54.2 Å². The highest BCUT2D eigenvalue weighted by atomic mass is 32.1. The average Bonchev–Trinajstić information content (AvgIpc) is 3.19. The number of aromatic nitrogens is 1. The number of carbonyl (C=O) groups is 3. The zero-order valence-corrected chi connectivity index (χ0v) is 19.2. The van der Waals surface area contributed by atoms with Crippen molar-refractivity contribution in [1.29, 1.82) is 0 Å². The molecule has 0 saturated carbocycles. The normalized spacial score (nSPS) is 14.2. The molecule has 1 fully saturated rings. The summed E-state index contributed by atoms with van der Waals surface area (Å²) in [6, 6.07) is 17.0. The van der Waals surface area contributed by atoms with Crippen molar-refractivity contribution in [1.82, 2.24) is 9.88 Å². The first kappa shape index (κ1) is 22.7. The molecule has 0 spiro atoms. The Morgan fingerprint density at radius 1 is 1.06 bits per heavy atom. The van der Waals surface area contributed by atoms with Crippen LogP contribution in [-0.2, 0) is 11.2 Å². The first-order chi connectivity index (χ1) is 15.9. The third-order valence-electron chi connectivity index (χ3n) is 5.84. The number of para-hydroxylation sites is 1. The van der Waals surface area contributed by atoms with E-state index in [0.717, 1.165) is 10.6 Å². The minimum Gasteiger partial charge on any atom is -0.369 e. The van der Waals surface area contributed by atoms with Crippen molar-refractivity contribution < 1.29 is 14.4 Å². The summed E-state index contributed by atoms with van der Waals surface area (Å²) in [5, 5.41) is 3.77. The highest BCUT2D eigenvalue weighted by Crippen LogP contribution is 2.25. The fourth-order valence-corrected chi connectivity index (χ4v) is 5.00. The van der Waals surface area contributed by atoms with Crippen molar-refractivity contribution in [3.8, 4) is 0 Å². The molecule has 7 nitrogen and oxygen atoms in total. The topological polar surface area (TPSA) is 105 Å². The maximum Gasteiger partial charge on any atom is 0.267 e. The number of thiazole rings is 1. The molecule has 3 amide bonds. The van der Waals surface area contributed by atoms with Crippen LogP contribution in [0.5, 0.6) is 0 Å². The highest BCUT2D eigenvalue weighted by Gasteiger charge is 2.28. The Bertz CT molecular complexity index is 1170. The lowest BCUT2D eigenvalue weighted by atomic mass is 9.95. The number of aryl methyl sites for hydroxylation is 1. The predicted octanol–water partition coefficient (Wildman–Crippen LogP) is 3.63. The van der Waals surface area contributed by atoms with Gasteiger partial charge in [0.15, 0.2) is 0 Å². The van der Waals surface area contributed by atoms with Gasteiger partial charge in [-0.1, -0.05) is 42.5 Å². The van der Waals surface area contributed by atoms with Crippen LogP contribution in [0.3, 0.4) is 0 Å². The van der Waals surface area contributed by atoms with Crippen molar-refractivity contribution in [3.63, 3.8) is 0 Å². The molecule has 0 atom stereocenters. The highest BCUT2D eigenvalue weighted by molar-refractivity contribution is 7.14. The van der Waals surface area contributed by atoms with E-state index < -0.39 is 0 Å². The second kappa shape index (κ2) is 9.95. The average molecular weight is 463 g/mol. The van der Waals surface area contributed by atoms with Gasteiger partial charge in [0.2, 0.25) is 5.91 Å². The van der Waals surface area contributed by atoms with Crippen LogP contribution in [0, 0.1) is 12.8 Å². The van der Waals surface area contributed by atoms with Crippen molar-refractivity contribution in [2.75, 3.05) is 18.4 Å². The van der Waals surface area contributed by atoms with Gasteiger partial charge in [-0.05, 0) is 37.5 Å². The van der Waals surface area contributed by atoms with E-state index in [1.165, 1.54) is 11.3 Å². The van der Waals surface area contributed by atoms with Gasteiger partial charge in [0.05, 0.1) is 22.0 Å². The van der Waals surface area contributed by atoms with Crippen LogP contribution < -0.4 is 11.1 Å². The number of benzene rings is 2. The molecule has 2 aromatic carbocycles. The summed E-state index contributed by atoms with van der Waals surface area (Å²) in [5.41, 5.74) is 8.08. The summed E-state index contributed by atoms with van der Waals surface area (Å²) in [4.78, 5) is 44.4. The van der Waals surface area contributed by atoms with Crippen molar-refractivity contribution >= 4 is 34.7 Å². The maximum absolute atomic E-state index is 13.1. The lowest BCUT2D eigenvalue weighted by molar-refractivity contribution is -0.123. The van der Waals surface area contributed by atoms with Crippen LogP contribution >= 0.6 is 11.3 Å². The summed E-state index contributed by atoms with van der Waals surface area (Å²) in [6.45, 7) is 2.75. The third-order valence-corrected chi connectivity index (χ3v) is 6.99. The van der Waals surface area contributed by atoms with Crippen molar-refractivity contribution in [3.05, 3.63) is 81.3 Å². The SMILES string of the molecule is Cc1nc(Cc2ccccc2)sc1C(=O)Nc1ccccc1C(=O)N1CCC(C(N)=O)CC1. The van der Waals surface area contributed by atoms with E-state index in [1.54, 1.807) is 29.2 Å². The smallest absolute Gasteiger partial charge is 0.267 e. The first-order valence-corrected chi connectivity index (χ1v) is 11.7. The number of amides is 3. The lowest BCUT2D eigenvalue weighted by Gasteiger charge is -2.31. The van der Waals surface area contributed by atoms with Gasteiger partial charge in [0, 0.05) is 25.4 Å². The van der Waals surface area contributed by atoms with Gasteiger partial charge in [-0.2, -0.15) is 0 Å². The molecule has 3 N–H and O–H groups in total. The molecule has 33 heavy (non-hydrogen) atoms. The number of rotatable bonds is 6. The summed E-state index contributed by atoms with van der Waals surface area (Å²) >= 11 is 1.36. The molecule has 4 rings (SSSR count). The van der Waals surface area contributed by atoms with Crippen LogP contribution in [0.25, 0.3) is 0 Å². The number of primary amides is 1. The molecule has 1 aliphatic rings. The van der Waals surface area contributed by atoms with Crippen LogP contribution in [0.2, 0.25) is 0 Å². The standard InChI is InChI=1S/C25H26N4O3S/c1-16-22(33-21(27-16)15-17-7-3-2-4-8-17)24(31)28-20-10-6-5-9-19(20)25(32)29-13-11-18(12-14-29)23(26)30/h2-10,18H,11-15H2,1H3,(H2,26,30)(H,28,31). The van der Waals surface area contributed by atoms with Crippen LogP contribution in [-0.4, -0.2) is 40.7 Å². The largest absolute Gasteiger partial charge is 0.369 e. The molecule has 8 heteroatoms. The predicted molar refractivity (Wildman–Crippen MR) is 128 cm³/mol. The Morgan fingerprint density at radius 2 is 1.73 bits per heavy atom. The molecule has 2 heterocycles. The fourth-order valence-electron chi connectivity index (χ4n) is 4.00. The molecular formula is C25H26N4O3S. The molecule has 0 aliphatic carbocycles. The Morgan fingerprint density at radius 3 is 2.42 bits per heavy atom. The van der Waals surface area contributed by atoms with Gasteiger partial charge in [-0.25, -0.2) is 4.98 Å². The van der Waals surface area contributed by atoms with Crippen LogP contribution in [0.15, 0.2) is 54.6 Å². The number of anilines is 1. The number of nitrogens with one attached hydrogen (secondary N) is 1. The first-order valence-electron chi connectivity index (χ1n) is 10.9. The van der Waals surface area contributed by atoms with E-state index >= 15 is 0 Å². The number of carbonyl (C=O) groups excluding carboxylic acids is 3. The third kappa shape index (κ3) is 5.28. The zero-order chi connectivity index (χ0) is 23.4. The summed E-state index contributed by atoms with van der Waals surface area (Å²) in [6.07, 6.45) is 1.77. The summed E-state index contributed by atoms with van der Waals surface area (Å²) in [7, 11) is 0. The summed E-state index contributed by atoms with van der Waals surface area (Å²) in [5.74, 6) is -0.957. The van der Waals surface area contributed by atoms with Crippen molar-refractivity contribution in [2.45, 2.75) is 26.2 Å². The van der Waals surface area contributed by atoms with E-state index in [1.807, 2.05) is 37.3 Å². The minimum absolute atomic E-state index is 0.167. The second-order valence-electron chi connectivity index (χ2n) is 8.15. The lowest BCUT2D eigenvalue weighted by Crippen LogP contribution is -2.42. The molecular weight excluding hydrogens is 436 g/mol. The zero-order valence-electron chi connectivity index (χ0n) is 18.4. The van der Waals surface area contributed by atoms with Crippen molar-refractivity contribution in [2.24, 2.45) is 11.7 Å². The van der Waals surface area contributed by atoms with Gasteiger partial charge in [0.1, 0.15) is 4.88 Å². The molecule has 1 saturated heterocycles. The molecule has 1 aromatic heterocycles. The summed E-state index contributed by atoms with van der Waals surface area (Å²) < 4.78 is 0. The van der Waals surface area contributed by atoms with Gasteiger partial charge < -0.3 is 16.0 Å². The number of hydrogen-bond donors (Lipinski definition) is 2. The molecule has 0 radical (unpaired) electrons. The maximum atomic E-state index is 13.1. The number of nitrogens with two attached hydrogens (primary N) is 1. The molecule has 0 unspecified atom stereocenters. The minimum atomic E-state index is -0.318. The molecule has 170 valence electrons. The van der Waals surface area contributed by atoms with E-state index in [9.17, 15) is 14.4 Å². The Labute approximate surface area is 196 Å². The van der Waals surface area contributed by atoms with Gasteiger partial charge in [-0.3, -0.25) is 14.4 Å². The number of hydrogen-bond acceptors (Lipinski definition) is 5. The number of piperidine rings is 1. The molecule has 1 aliphatic heterocycles. The quantitative estimate of drug-likeness (QED) is 0.583. The molecule has 0 bridgehead atoms. The van der Waals surface area contributed by atoms with E-state index in [-0.39, 0.29) is 23.6 Å². The Kier molecular flexibility index (Phi) is 6.84.